The van der Waals surface area contributed by atoms with Crippen LogP contribution in [0.2, 0.25) is 0 Å². The highest BCUT2D eigenvalue weighted by Crippen LogP contribution is 2.63. The molecule has 0 saturated heterocycles. The lowest BCUT2D eigenvalue weighted by Crippen LogP contribution is -2.18. The lowest BCUT2D eigenvalue weighted by Gasteiger charge is -2.31. The van der Waals surface area contributed by atoms with Crippen LogP contribution in [0.3, 0.4) is 0 Å². The first-order valence-electron chi connectivity index (χ1n) is 49.5. The molecule has 0 aromatic heterocycles. The van der Waals surface area contributed by atoms with Crippen LogP contribution in [0.5, 0.6) is 0 Å². The van der Waals surface area contributed by atoms with Crippen LogP contribution in [-0.2, 0) is 38.9 Å². The van der Waals surface area contributed by atoms with Crippen molar-refractivity contribution in [3.05, 3.63) is 455 Å². The fourth-order valence-corrected chi connectivity index (χ4v) is 25.9. The van der Waals surface area contributed by atoms with Gasteiger partial charge in [0.05, 0.1) is 5.69 Å². The third-order valence-corrected chi connectivity index (χ3v) is 33.3. The van der Waals surface area contributed by atoms with Crippen LogP contribution in [0.4, 0.5) is 51.2 Å². The largest absolute Gasteiger partial charge is 0.310 e. The molecule has 137 heavy (non-hydrogen) atoms. The molecule has 3 nitrogen and oxygen atoms in total. The zero-order valence-corrected chi connectivity index (χ0v) is 83.2. The zero-order chi connectivity index (χ0) is 94.6. The molecule has 18 aromatic carbocycles. The van der Waals surface area contributed by atoms with Gasteiger partial charge in [-0.15, -0.1) is 0 Å². The smallest absolute Gasteiger partial charge is 0.0540 e. The van der Waals surface area contributed by atoms with Gasteiger partial charge in [-0.05, 0) is 388 Å². The first-order chi connectivity index (χ1) is 65.6. The topological polar surface area (TPSA) is 9.72 Å². The van der Waals surface area contributed by atoms with Gasteiger partial charge in [-0.25, -0.2) is 0 Å². The van der Waals surface area contributed by atoms with E-state index in [0.717, 1.165) is 29.2 Å². The average molecular weight is 1770 g/mol. The number of benzene rings is 18. The molecule has 0 saturated carbocycles. The van der Waals surface area contributed by atoms with Crippen LogP contribution in [0, 0.1) is 62.3 Å². The minimum atomic E-state index is -0.320. The second-order valence-electron chi connectivity index (χ2n) is 44.2. The molecule has 670 valence electrons. The first-order valence-corrected chi connectivity index (χ1v) is 49.5. The number of hydrogen-bond acceptors (Lipinski definition) is 3. The number of nitrogens with zero attached hydrogens (tertiary/aromatic N) is 3. The number of para-hydroxylation sites is 1. The molecule has 6 aliphatic carbocycles. The van der Waals surface area contributed by atoms with Crippen molar-refractivity contribution in [2.24, 2.45) is 0 Å². The summed E-state index contributed by atoms with van der Waals surface area (Å²) in [6.45, 7) is 49.6. The Balaban J connectivity index is 0.513. The van der Waals surface area contributed by atoms with Gasteiger partial charge >= 0.3 is 0 Å². The van der Waals surface area contributed by atoms with Crippen molar-refractivity contribution in [1.82, 2.24) is 0 Å². The van der Waals surface area contributed by atoms with E-state index >= 15 is 0 Å². The normalized spacial score (nSPS) is 15.2. The summed E-state index contributed by atoms with van der Waals surface area (Å²) in [6.07, 6.45) is 5.46. The van der Waals surface area contributed by atoms with Gasteiger partial charge in [0, 0.05) is 83.6 Å². The molecule has 0 heterocycles. The van der Waals surface area contributed by atoms with E-state index in [1.165, 1.54) is 267 Å². The quantitative estimate of drug-likeness (QED) is 0.100. The van der Waals surface area contributed by atoms with E-state index in [-0.39, 0.29) is 32.5 Å². The fraction of sp³-hybridized carbons (Fsp3) is 0.209. The van der Waals surface area contributed by atoms with E-state index in [4.69, 9.17) is 0 Å². The fourth-order valence-electron chi connectivity index (χ4n) is 25.9. The Bertz CT molecular complexity index is 8290. The zero-order valence-electron chi connectivity index (χ0n) is 83.2. The third kappa shape index (κ3) is 12.9. The van der Waals surface area contributed by atoms with Crippen LogP contribution in [0.1, 0.15) is 222 Å². The molecular formula is C134H119N3. The lowest BCUT2D eigenvalue weighted by atomic mass is 9.79. The maximum absolute atomic E-state index is 2.61. The predicted molar refractivity (Wildman–Crippen MR) is 584 cm³/mol. The van der Waals surface area contributed by atoms with Crippen molar-refractivity contribution < 1.29 is 0 Å². The summed E-state index contributed by atoms with van der Waals surface area (Å²) >= 11 is 0. The van der Waals surface area contributed by atoms with E-state index in [0.29, 0.717) is 0 Å². The number of anilines is 9. The Morgan fingerprint density at radius 2 is 0.518 bits per heavy atom. The summed E-state index contributed by atoms with van der Waals surface area (Å²) in [4.78, 5) is 7.56. The van der Waals surface area contributed by atoms with Gasteiger partial charge < -0.3 is 14.7 Å². The van der Waals surface area contributed by atoms with Gasteiger partial charge in [0.2, 0.25) is 0 Å². The highest BCUT2D eigenvalue weighted by Gasteiger charge is 2.47. The summed E-state index contributed by atoms with van der Waals surface area (Å²) in [6, 6.07) is 123. The van der Waals surface area contributed by atoms with Crippen molar-refractivity contribution in [1.29, 1.82) is 0 Å². The van der Waals surface area contributed by atoms with Crippen LogP contribution in [-0.4, -0.2) is 0 Å². The Kier molecular flexibility index (Phi) is 18.9. The molecule has 0 spiro atoms. The van der Waals surface area contributed by atoms with Crippen LogP contribution in [0.25, 0.3) is 112 Å². The molecule has 3 heteroatoms. The van der Waals surface area contributed by atoms with Gasteiger partial charge in [-0.3, -0.25) is 0 Å². The Morgan fingerprint density at radius 1 is 0.197 bits per heavy atom. The molecule has 18 aromatic rings. The average Bonchev–Trinajstić information content (AvgIpc) is 1.53. The highest BCUT2D eigenvalue weighted by atomic mass is 15.2. The van der Waals surface area contributed by atoms with Gasteiger partial charge in [0.25, 0.3) is 0 Å². The Hall–Kier alpha value is -14.4. The second kappa shape index (κ2) is 30.3. The van der Waals surface area contributed by atoms with E-state index in [1.54, 1.807) is 0 Å². The molecule has 0 bridgehead atoms. The Labute approximate surface area is 810 Å². The lowest BCUT2D eigenvalue weighted by molar-refractivity contribution is 0.651. The van der Waals surface area contributed by atoms with Crippen molar-refractivity contribution in [2.45, 2.75) is 184 Å². The molecule has 6 aliphatic rings. The summed E-state index contributed by atoms with van der Waals surface area (Å²) in [5.74, 6) is 0. The summed E-state index contributed by atoms with van der Waals surface area (Å²) in [5.41, 5.74) is 60.7. The van der Waals surface area contributed by atoms with E-state index in [1.807, 2.05) is 0 Å². The van der Waals surface area contributed by atoms with Crippen molar-refractivity contribution in [3.63, 3.8) is 0 Å². The number of hydrogen-bond donors (Lipinski definition) is 0. The second-order valence-corrected chi connectivity index (χ2v) is 44.2. The van der Waals surface area contributed by atoms with Gasteiger partial charge in [0.15, 0.2) is 0 Å². The minimum absolute atomic E-state index is 0.150. The van der Waals surface area contributed by atoms with Crippen molar-refractivity contribution in [2.75, 3.05) is 14.7 Å². The highest BCUT2D eigenvalue weighted by molar-refractivity contribution is 6.08. The monoisotopic (exact) mass is 1770 g/mol. The maximum Gasteiger partial charge on any atom is 0.0540 e. The van der Waals surface area contributed by atoms with E-state index in [2.05, 4.69) is 488 Å². The van der Waals surface area contributed by atoms with Crippen LogP contribution < -0.4 is 14.7 Å². The number of fused-ring (bicyclic) bond motifs is 22. The summed E-state index contributed by atoms with van der Waals surface area (Å²) < 4.78 is 0. The molecule has 0 radical (unpaired) electrons. The molecule has 0 aliphatic heterocycles. The maximum atomic E-state index is 2.61. The molecule has 24 rings (SSSR count). The van der Waals surface area contributed by atoms with Gasteiger partial charge in [0.1, 0.15) is 0 Å². The Morgan fingerprint density at radius 3 is 0.956 bits per heavy atom. The van der Waals surface area contributed by atoms with E-state index in [9.17, 15) is 0 Å². The SMILES string of the molecule is Cc1ccc(N(c2ccc3c(c2)C(C)(C)c2cc(/C=C/c4ccc5c(c4)C(C)(C)c4cc(N(c6ccc(C)cc6C)c6ccc(Cc7ccc8c9c(cc(C)c8c7)C(C)(C)c7cc8c(cc7-9)C(C)(C)c7cc(N(c9ccc%10c(c9)C(C)(C)c9cc%11c(cc9-%10)C(C)(C)c9cc(C)c%10ccccc%10c9-%11)c9ccccc9-c9ccccc9)ccc7-8)cc6C)ccc4-5)ccc2-3)c2ccc(C)cc2C)c(C)c1. The third-order valence-electron chi connectivity index (χ3n) is 33.3. The van der Waals surface area contributed by atoms with Crippen molar-refractivity contribution >= 4 is 84.9 Å². The van der Waals surface area contributed by atoms with E-state index < -0.39 is 0 Å². The predicted octanol–water partition coefficient (Wildman–Crippen LogP) is 36.4. The summed E-state index contributed by atoms with van der Waals surface area (Å²) in [5, 5.41) is 5.35. The molecule has 0 fully saturated rings. The molecule has 0 unspecified atom stereocenters. The molecular weight excluding hydrogens is 1650 g/mol. The number of aryl methyl sites for hydroxylation is 9. The first kappa shape index (κ1) is 85.5. The van der Waals surface area contributed by atoms with Crippen LogP contribution in [0.15, 0.2) is 315 Å². The van der Waals surface area contributed by atoms with Gasteiger partial charge in [-0.2, -0.15) is 0 Å². The minimum Gasteiger partial charge on any atom is -0.310 e. The van der Waals surface area contributed by atoms with Crippen molar-refractivity contribution in [3.8, 4) is 77.9 Å². The van der Waals surface area contributed by atoms with Gasteiger partial charge in [-0.1, -0.05) is 324 Å². The van der Waals surface area contributed by atoms with Crippen LogP contribution >= 0.6 is 0 Å². The molecule has 0 atom stereocenters. The number of rotatable bonds is 14. The molecule has 0 N–H and O–H groups in total. The standard InChI is InChI=1S/C134H119N3/c1-77-35-55-122(82(6)59-77)136(123-56-36-78(2)60-83(123)7)93-46-51-99-97-48-40-86(67-110(97)129(10,11)112(99)71-93)38-39-87-41-49-98-100-52-47-94(72-113(100)130(12,13)111(98)68-87)137(124-57-37-79(3)61-84(124)8)125-58-43-88(62-85(125)9)65-89-42-50-104-105(66-89)81(5)64-121-128(104)109-76-117-107(74-119(109)134(121,20)21)102-54-45-92(70-115(102)132(117,16)17)135(126-34-28-27-32-96(126)90-29-23-22-24-30-90)91-44-53-101-106-73-118-108(75-116(106)131(14,15)114(101)69-91)127-103-33-26-25-31-95(103)80(4)63-120(127)133(118,18)19/h22-64,66-76H,65H2,1-21H3/b39-38+. The summed E-state index contributed by atoms with van der Waals surface area (Å²) in [7, 11) is 0. The molecule has 0 amide bonds.